The predicted octanol–water partition coefficient (Wildman–Crippen LogP) is 4.31. The molecule has 184 valence electrons. The van der Waals surface area contributed by atoms with Crippen molar-refractivity contribution < 1.29 is 13.6 Å². The lowest BCUT2D eigenvalue weighted by atomic mass is 9.70. The summed E-state index contributed by atoms with van der Waals surface area (Å²) in [5, 5.41) is 3.96. The number of hydrogen-bond donors (Lipinski definition) is 0. The van der Waals surface area contributed by atoms with E-state index in [4.69, 9.17) is 0 Å². The van der Waals surface area contributed by atoms with Crippen LogP contribution in [0.5, 0.6) is 0 Å². The summed E-state index contributed by atoms with van der Waals surface area (Å²) in [6, 6.07) is 21.1. The second-order valence-electron chi connectivity index (χ2n) is 9.76. The van der Waals surface area contributed by atoms with Gasteiger partial charge < -0.3 is 0 Å². The van der Waals surface area contributed by atoms with Gasteiger partial charge in [-0.15, -0.1) is 0 Å². The van der Waals surface area contributed by atoms with Crippen molar-refractivity contribution in [3.8, 4) is 0 Å². The number of alkyl halides is 2. The van der Waals surface area contributed by atoms with Crippen molar-refractivity contribution in [1.29, 1.82) is 0 Å². The van der Waals surface area contributed by atoms with E-state index in [1.54, 1.807) is 4.90 Å². The number of amides is 1. The fourth-order valence-electron chi connectivity index (χ4n) is 5.61. The Hall–Kier alpha value is -3.72. The van der Waals surface area contributed by atoms with E-state index in [-0.39, 0.29) is 23.0 Å². The van der Waals surface area contributed by atoms with Crippen LogP contribution in [0.3, 0.4) is 0 Å². The highest BCUT2D eigenvalue weighted by Gasteiger charge is 2.50. The topological polar surface area (TPSA) is 67.2 Å². The Morgan fingerprint density at radius 3 is 2.22 bits per heavy atom. The number of rotatable bonds is 6. The molecule has 0 N–H and O–H groups in total. The minimum absolute atomic E-state index is 0.00885. The summed E-state index contributed by atoms with van der Waals surface area (Å²) >= 11 is 0. The van der Waals surface area contributed by atoms with Crippen LogP contribution in [0.1, 0.15) is 30.0 Å². The van der Waals surface area contributed by atoms with Crippen LogP contribution in [0.4, 0.5) is 14.6 Å². The molecule has 0 aliphatic carbocycles. The first-order valence-electron chi connectivity index (χ1n) is 12.1. The minimum Gasteiger partial charge on any atom is -0.295 e. The van der Waals surface area contributed by atoms with E-state index in [0.29, 0.717) is 24.3 Å². The Labute approximate surface area is 207 Å². The van der Waals surface area contributed by atoms with Gasteiger partial charge in [0.05, 0.1) is 18.4 Å². The van der Waals surface area contributed by atoms with Gasteiger partial charge in [0.25, 0.3) is 6.43 Å². The highest BCUT2D eigenvalue weighted by molar-refractivity contribution is 5.94. The number of carbonyl (C=O) groups is 1. The fraction of sp³-hybridized carbons (Fsp3) is 0.333. The minimum atomic E-state index is -2.55. The Morgan fingerprint density at radius 2 is 1.61 bits per heavy atom. The molecule has 4 heterocycles. The van der Waals surface area contributed by atoms with Gasteiger partial charge in [-0.25, -0.2) is 23.4 Å². The molecule has 2 fully saturated rings. The number of piperidine rings is 1. The van der Waals surface area contributed by atoms with E-state index >= 15 is 0 Å². The van der Waals surface area contributed by atoms with Crippen molar-refractivity contribution in [1.82, 2.24) is 24.6 Å². The summed E-state index contributed by atoms with van der Waals surface area (Å²) in [6.07, 6.45) is 1.67. The van der Waals surface area contributed by atoms with E-state index in [9.17, 15) is 13.6 Å². The van der Waals surface area contributed by atoms with Crippen LogP contribution in [0.2, 0.25) is 0 Å². The number of likely N-dealkylation sites (tertiary alicyclic amines) is 1. The van der Waals surface area contributed by atoms with Gasteiger partial charge in [-0.2, -0.15) is 5.10 Å². The molecule has 2 aliphatic heterocycles. The third kappa shape index (κ3) is 4.13. The summed E-state index contributed by atoms with van der Waals surface area (Å²) in [7, 11) is 0. The van der Waals surface area contributed by atoms with Crippen LogP contribution in [0.15, 0.2) is 73.1 Å². The molecule has 0 bridgehead atoms. The zero-order chi connectivity index (χ0) is 24.7. The average molecular weight is 489 g/mol. The van der Waals surface area contributed by atoms with Crippen molar-refractivity contribution in [2.24, 2.45) is 5.41 Å². The maximum atomic E-state index is 13.3. The van der Waals surface area contributed by atoms with E-state index in [1.165, 1.54) is 23.5 Å². The van der Waals surface area contributed by atoms with Crippen molar-refractivity contribution >= 4 is 22.9 Å². The quantitative estimate of drug-likeness (QED) is 0.405. The number of benzene rings is 2. The summed E-state index contributed by atoms with van der Waals surface area (Å²) in [5.41, 5.74) is 3.12. The Kier molecular flexibility index (Phi) is 5.72. The van der Waals surface area contributed by atoms with Gasteiger partial charge in [0.1, 0.15) is 12.1 Å². The van der Waals surface area contributed by atoms with Crippen molar-refractivity contribution in [3.05, 3.63) is 84.2 Å². The first-order chi connectivity index (χ1) is 17.5. The molecule has 2 saturated heterocycles. The summed E-state index contributed by atoms with van der Waals surface area (Å²) in [6.45, 7) is 1.65. The Morgan fingerprint density at radius 1 is 0.944 bits per heavy atom. The molecule has 2 aromatic heterocycles. The van der Waals surface area contributed by atoms with E-state index < -0.39 is 13.0 Å². The molecule has 9 heteroatoms. The number of fused-ring (bicyclic) bond motifs is 1. The van der Waals surface area contributed by atoms with Crippen molar-refractivity contribution in [2.75, 3.05) is 24.5 Å². The van der Waals surface area contributed by atoms with Crippen LogP contribution in [0, 0.1) is 5.41 Å². The second kappa shape index (κ2) is 9.05. The average Bonchev–Trinajstić information content (AvgIpc) is 3.26. The standard InChI is InChI=1S/C27H26F2N6O/c28-22(29)16-35-26-21(14-31-35)30-15-23(32-26)34-12-11-27(13-24(34)36)17-33(18-27)25(19-7-3-1-4-8-19)20-9-5-2-6-10-20/h1-10,14-15,22,25H,11-13,16-18H2. The van der Waals surface area contributed by atoms with Gasteiger partial charge in [-0.3, -0.25) is 14.6 Å². The van der Waals surface area contributed by atoms with Gasteiger partial charge in [0, 0.05) is 31.5 Å². The van der Waals surface area contributed by atoms with Crippen LogP contribution in [-0.2, 0) is 11.3 Å². The highest BCUT2D eigenvalue weighted by atomic mass is 19.3. The molecule has 1 spiro atoms. The third-order valence-electron chi connectivity index (χ3n) is 7.29. The first kappa shape index (κ1) is 22.7. The molecule has 1 amide bonds. The highest BCUT2D eigenvalue weighted by Crippen LogP contribution is 2.46. The smallest absolute Gasteiger partial charge is 0.258 e. The molecule has 2 aromatic carbocycles. The zero-order valence-electron chi connectivity index (χ0n) is 19.7. The van der Waals surface area contributed by atoms with Gasteiger partial charge >= 0.3 is 0 Å². The lowest BCUT2D eigenvalue weighted by Crippen LogP contribution is -2.62. The number of hydrogen-bond acceptors (Lipinski definition) is 5. The monoisotopic (exact) mass is 488 g/mol. The fourth-order valence-corrected chi connectivity index (χ4v) is 5.61. The molecule has 2 aliphatic rings. The first-order valence-corrected chi connectivity index (χ1v) is 12.1. The van der Waals surface area contributed by atoms with E-state index in [0.717, 1.165) is 24.2 Å². The molecule has 0 radical (unpaired) electrons. The number of anilines is 1. The molecule has 7 nitrogen and oxygen atoms in total. The van der Waals surface area contributed by atoms with Crippen LogP contribution in [-0.4, -0.2) is 56.6 Å². The van der Waals surface area contributed by atoms with Crippen molar-refractivity contribution in [3.63, 3.8) is 0 Å². The molecular formula is C27H26F2N6O. The summed E-state index contributed by atoms with van der Waals surface area (Å²) in [5.74, 6) is 0.381. The molecule has 6 rings (SSSR count). The van der Waals surface area contributed by atoms with Crippen LogP contribution < -0.4 is 4.90 Å². The maximum absolute atomic E-state index is 13.3. The van der Waals surface area contributed by atoms with Crippen molar-refractivity contribution in [2.45, 2.75) is 31.9 Å². The predicted molar refractivity (Wildman–Crippen MR) is 132 cm³/mol. The SMILES string of the molecule is O=C1CC2(CCN1c1cnc3cnn(CC(F)F)c3n1)CN(C(c1ccccc1)c1ccccc1)C2. The number of nitrogens with zero attached hydrogens (tertiary/aromatic N) is 6. The molecule has 0 unspecified atom stereocenters. The Bertz CT molecular complexity index is 1330. The van der Waals surface area contributed by atoms with Gasteiger partial charge in [-0.05, 0) is 17.5 Å². The van der Waals surface area contributed by atoms with Gasteiger partial charge in [0.15, 0.2) is 11.5 Å². The summed E-state index contributed by atoms with van der Waals surface area (Å²) < 4.78 is 26.9. The Balaban J connectivity index is 1.18. The normalized spacial score (nSPS) is 17.9. The molecule has 36 heavy (non-hydrogen) atoms. The molecule has 0 atom stereocenters. The molecule has 4 aromatic rings. The van der Waals surface area contributed by atoms with Crippen LogP contribution >= 0.6 is 0 Å². The molecular weight excluding hydrogens is 462 g/mol. The van der Waals surface area contributed by atoms with E-state index in [1.807, 2.05) is 12.1 Å². The van der Waals surface area contributed by atoms with Gasteiger partial charge in [-0.1, -0.05) is 60.7 Å². The van der Waals surface area contributed by atoms with E-state index in [2.05, 4.69) is 68.5 Å². The van der Waals surface area contributed by atoms with Crippen LogP contribution in [0.25, 0.3) is 11.2 Å². The lowest BCUT2D eigenvalue weighted by molar-refractivity contribution is -0.129. The molecule has 0 saturated carbocycles. The number of carbonyl (C=O) groups excluding carboxylic acids is 1. The maximum Gasteiger partial charge on any atom is 0.258 e. The summed E-state index contributed by atoms with van der Waals surface area (Å²) in [4.78, 5) is 26.1. The largest absolute Gasteiger partial charge is 0.295 e. The number of halogens is 2. The second-order valence-corrected chi connectivity index (χ2v) is 9.76. The zero-order valence-corrected chi connectivity index (χ0v) is 19.7. The lowest BCUT2D eigenvalue weighted by Gasteiger charge is -2.56. The van der Waals surface area contributed by atoms with Gasteiger partial charge in [0.2, 0.25) is 5.91 Å². The number of aromatic nitrogens is 4. The third-order valence-corrected chi connectivity index (χ3v) is 7.29.